The molecule has 1 atom stereocenters. The van der Waals surface area contributed by atoms with Crippen molar-refractivity contribution >= 4 is 10.9 Å². The molecule has 2 aromatic rings. The predicted molar refractivity (Wildman–Crippen MR) is 78.1 cm³/mol. The van der Waals surface area contributed by atoms with E-state index in [9.17, 15) is 0 Å². The Bertz CT molecular complexity index is 566. The molecule has 0 amide bonds. The second kappa shape index (κ2) is 4.66. The Labute approximate surface area is 114 Å². The maximum Gasteiger partial charge on any atom is 0.0457 e. The van der Waals surface area contributed by atoms with Gasteiger partial charge in [-0.25, -0.2) is 0 Å². The van der Waals surface area contributed by atoms with Crippen LogP contribution in [0.4, 0.5) is 0 Å². The van der Waals surface area contributed by atoms with Crippen molar-refractivity contribution in [2.75, 3.05) is 19.6 Å². The molecule has 0 saturated carbocycles. The van der Waals surface area contributed by atoms with Crippen LogP contribution in [0.15, 0.2) is 30.5 Å². The summed E-state index contributed by atoms with van der Waals surface area (Å²) >= 11 is 0. The normalized spacial score (nSPS) is 30.0. The first kappa shape index (κ1) is 11.5. The van der Waals surface area contributed by atoms with Crippen molar-refractivity contribution in [1.82, 2.24) is 15.2 Å². The van der Waals surface area contributed by atoms with Crippen molar-refractivity contribution in [3.8, 4) is 0 Å². The second-order valence-electron chi connectivity index (χ2n) is 5.98. The summed E-state index contributed by atoms with van der Waals surface area (Å²) in [6.07, 6.45) is 4.79. The number of nitrogens with one attached hydrogen (secondary N) is 2. The van der Waals surface area contributed by atoms with Crippen LogP contribution in [-0.4, -0.2) is 35.6 Å². The molecule has 3 saturated heterocycles. The largest absolute Gasteiger partial charge is 0.361 e. The molecule has 5 rings (SSSR count). The molecule has 1 aromatic heterocycles. The van der Waals surface area contributed by atoms with Crippen LogP contribution in [0.25, 0.3) is 10.9 Å². The zero-order valence-corrected chi connectivity index (χ0v) is 11.2. The molecule has 3 fully saturated rings. The third-order valence-corrected chi connectivity index (χ3v) is 4.90. The van der Waals surface area contributed by atoms with E-state index in [1.807, 2.05) is 6.20 Å². The Balaban J connectivity index is 1.49. The summed E-state index contributed by atoms with van der Waals surface area (Å²) in [5, 5.41) is 5.15. The van der Waals surface area contributed by atoms with E-state index in [-0.39, 0.29) is 0 Å². The maximum absolute atomic E-state index is 3.80. The third kappa shape index (κ3) is 2.07. The van der Waals surface area contributed by atoms with Crippen molar-refractivity contribution in [2.24, 2.45) is 5.92 Å². The number of fused-ring (bicyclic) bond motifs is 4. The van der Waals surface area contributed by atoms with Crippen LogP contribution in [-0.2, 0) is 6.54 Å². The minimum Gasteiger partial charge on any atom is -0.361 e. The number of benzene rings is 1. The number of H-pyrrole nitrogens is 1. The zero-order chi connectivity index (χ0) is 12.7. The molecule has 4 heterocycles. The van der Waals surface area contributed by atoms with Gasteiger partial charge in [0.2, 0.25) is 0 Å². The number of rotatable bonds is 3. The standard InChI is InChI=1S/C16H21N3/c1-2-13(14-4-7-17-15(14)3-1)10-18-16-11-19-8-5-12(16)6-9-19/h1-4,7,12,16-18H,5-6,8-11H2. The summed E-state index contributed by atoms with van der Waals surface area (Å²) in [6.45, 7) is 4.87. The Morgan fingerprint density at radius 1 is 1.21 bits per heavy atom. The van der Waals surface area contributed by atoms with E-state index in [4.69, 9.17) is 0 Å². The minimum atomic E-state index is 0.691. The fourth-order valence-electron chi connectivity index (χ4n) is 3.74. The van der Waals surface area contributed by atoms with Gasteiger partial charge in [0.15, 0.2) is 0 Å². The fraction of sp³-hybridized carbons (Fsp3) is 0.500. The monoisotopic (exact) mass is 255 g/mol. The molecular formula is C16H21N3. The summed E-state index contributed by atoms with van der Waals surface area (Å²) in [6, 6.07) is 9.41. The Hall–Kier alpha value is -1.32. The lowest BCUT2D eigenvalue weighted by Crippen LogP contribution is -2.55. The van der Waals surface area contributed by atoms with Gasteiger partial charge in [-0.1, -0.05) is 12.1 Å². The van der Waals surface area contributed by atoms with Crippen LogP contribution < -0.4 is 5.32 Å². The molecule has 2 N–H and O–H groups in total. The topological polar surface area (TPSA) is 31.1 Å². The highest BCUT2D eigenvalue weighted by molar-refractivity contribution is 5.82. The first-order chi connectivity index (χ1) is 9.40. The van der Waals surface area contributed by atoms with Gasteiger partial charge in [0, 0.05) is 36.2 Å². The summed E-state index contributed by atoms with van der Waals surface area (Å²) in [4.78, 5) is 5.89. The van der Waals surface area contributed by atoms with E-state index < -0.39 is 0 Å². The first-order valence-corrected chi connectivity index (χ1v) is 7.41. The Morgan fingerprint density at radius 3 is 2.89 bits per heavy atom. The van der Waals surface area contributed by atoms with E-state index in [1.165, 1.54) is 48.9 Å². The van der Waals surface area contributed by atoms with E-state index in [2.05, 4.69) is 39.5 Å². The summed E-state index contributed by atoms with van der Waals surface area (Å²) in [5.41, 5.74) is 2.66. The van der Waals surface area contributed by atoms with Crippen LogP contribution in [0, 0.1) is 5.92 Å². The molecule has 100 valence electrons. The molecule has 0 radical (unpaired) electrons. The Morgan fingerprint density at radius 2 is 2.11 bits per heavy atom. The van der Waals surface area contributed by atoms with E-state index in [1.54, 1.807) is 0 Å². The molecule has 1 unspecified atom stereocenters. The molecule has 3 aliphatic heterocycles. The van der Waals surface area contributed by atoms with Crippen molar-refractivity contribution in [2.45, 2.75) is 25.4 Å². The lowest BCUT2D eigenvalue weighted by Gasteiger charge is -2.45. The third-order valence-electron chi connectivity index (χ3n) is 4.90. The molecule has 2 bridgehead atoms. The van der Waals surface area contributed by atoms with E-state index >= 15 is 0 Å². The van der Waals surface area contributed by atoms with Gasteiger partial charge in [-0.05, 0) is 49.5 Å². The van der Waals surface area contributed by atoms with Crippen molar-refractivity contribution in [3.05, 3.63) is 36.0 Å². The van der Waals surface area contributed by atoms with Crippen LogP contribution in [0.1, 0.15) is 18.4 Å². The van der Waals surface area contributed by atoms with Gasteiger partial charge < -0.3 is 15.2 Å². The SMILES string of the molecule is c1cc(CNC2CN3CCC2CC3)c2cc[nH]c2c1. The number of aromatic amines is 1. The zero-order valence-electron chi connectivity index (χ0n) is 11.2. The lowest BCUT2D eigenvalue weighted by molar-refractivity contribution is 0.0720. The first-order valence-electron chi connectivity index (χ1n) is 7.41. The lowest BCUT2D eigenvalue weighted by atomic mass is 9.84. The maximum atomic E-state index is 3.80. The number of aromatic nitrogens is 1. The van der Waals surface area contributed by atoms with Gasteiger partial charge in [-0.3, -0.25) is 0 Å². The molecule has 1 aromatic carbocycles. The number of hydrogen-bond acceptors (Lipinski definition) is 2. The quantitative estimate of drug-likeness (QED) is 0.882. The molecule has 3 aliphatic rings. The van der Waals surface area contributed by atoms with Gasteiger partial charge in [-0.2, -0.15) is 0 Å². The highest BCUT2D eigenvalue weighted by Gasteiger charge is 2.33. The number of piperidine rings is 3. The minimum absolute atomic E-state index is 0.691. The molecule has 19 heavy (non-hydrogen) atoms. The average Bonchev–Trinajstić information content (AvgIpc) is 2.95. The predicted octanol–water partition coefficient (Wildman–Crippen LogP) is 2.35. The molecule has 3 heteroatoms. The smallest absolute Gasteiger partial charge is 0.0457 e. The summed E-state index contributed by atoms with van der Waals surface area (Å²) in [5.74, 6) is 0.899. The second-order valence-corrected chi connectivity index (χ2v) is 5.98. The molecule has 0 spiro atoms. The van der Waals surface area contributed by atoms with Gasteiger partial charge in [-0.15, -0.1) is 0 Å². The van der Waals surface area contributed by atoms with Crippen LogP contribution in [0.5, 0.6) is 0 Å². The van der Waals surface area contributed by atoms with E-state index in [0.717, 1.165) is 12.5 Å². The van der Waals surface area contributed by atoms with Gasteiger partial charge >= 0.3 is 0 Å². The summed E-state index contributed by atoms with van der Waals surface area (Å²) < 4.78 is 0. The molecule has 0 aliphatic carbocycles. The van der Waals surface area contributed by atoms with Crippen molar-refractivity contribution < 1.29 is 0 Å². The van der Waals surface area contributed by atoms with Gasteiger partial charge in [0.05, 0.1) is 0 Å². The fourth-order valence-corrected chi connectivity index (χ4v) is 3.74. The highest BCUT2D eigenvalue weighted by Crippen LogP contribution is 2.28. The van der Waals surface area contributed by atoms with Gasteiger partial charge in [0.25, 0.3) is 0 Å². The van der Waals surface area contributed by atoms with E-state index in [0.29, 0.717) is 6.04 Å². The molecule has 3 nitrogen and oxygen atoms in total. The number of nitrogens with zero attached hydrogens (tertiary/aromatic N) is 1. The highest BCUT2D eigenvalue weighted by atomic mass is 15.2. The van der Waals surface area contributed by atoms with Gasteiger partial charge in [0.1, 0.15) is 0 Å². The summed E-state index contributed by atoms with van der Waals surface area (Å²) in [7, 11) is 0. The van der Waals surface area contributed by atoms with Crippen LogP contribution >= 0.6 is 0 Å². The molecular weight excluding hydrogens is 234 g/mol. The van der Waals surface area contributed by atoms with Crippen molar-refractivity contribution in [1.29, 1.82) is 0 Å². The van der Waals surface area contributed by atoms with Crippen LogP contribution in [0.2, 0.25) is 0 Å². The van der Waals surface area contributed by atoms with Crippen LogP contribution in [0.3, 0.4) is 0 Å². The number of hydrogen-bond donors (Lipinski definition) is 2. The van der Waals surface area contributed by atoms with Crippen molar-refractivity contribution in [3.63, 3.8) is 0 Å². The Kier molecular flexibility index (Phi) is 2.82. The average molecular weight is 255 g/mol.